The molecule has 0 radical (unpaired) electrons. The van der Waals surface area contributed by atoms with E-state index in [0.29, 0.717) is 17.2 Å². The molecule has 1 unspecified atom stereocenters. The predicted molar refractivity (Wildman–Crippen MR) is 76.8 cm³/mol. The summed E-state index contributed by atoms with van der Waals surface area (Å²) in [5, 5.41) is 3.37. The lowest BCUT2D eigenvalue weighted by Gasteiger charge is -2.18. The van der Waals surface area contributed by atoms with E-state index in [4.69, 9.17) is 18.6 Å². The molecule has 5 heteroatoms. The number of methoxy groups -OCH3 is 3. The van der Waals surface area contributed by atoms with Crippen LogP contribution in [0.3, 0.4) is 0 Å². The van der Waals surface area contributed by atoms with Gasteiger partial charge in [0.05, 0.1) is 39.9 Å². The number of anilines is 1. The third kappa shape index (κ3) is 2.82. The second-order valence-corrected chi connectivity index (χ2v) is 4.34. The number of ether oxygens (including phenoxy) is 3. The van der Waals surface area contributed by atoms with Gasteiger partial charge >= 0.3 is 0 Å². The second-order valence-electron chi connectivity index (χ2n) is 4.34. The van der Waals surface area contributed by atoms with Crippen molar-refractivity contribution in [2.24, 2.45) is 0 Å². The summed E-state index contributed by atoms with van der Waals surface area (Å²) in [4.78, 5) is 0. The van der Waals surface area contributed by atoms with Crippen LogP contribution < -0.4 is 19.5 Å². The van der Waals surface area contributed by atoms with Crippen LogP contribution in [-0.4, -0.2) is 21.3 Å². The Balaban J connectivity index is 2.28. The third-order valence-corrected chi connectivity index (χ3v) is 3.09. The molecule has 2 aromatic rings. The van der Waals surface area contributed by atoms with Gasteiger partial charge in [-0.3, -0.25) is 0 Å². The van der Waals surface area contributed by atoms with E-state index in [0.717, 1.165) is 11.3 Å². The lowest BCUT2D eigenvalue weighted by atomic mass is 10.1. The van der Waals surface area contributed by atoms with Crippen LogP contribution in [0.1, 0.15) is 18.5 Å². The summed E-state index contributed by atoms with van der Waals surface area (Å²) < 4.78 is 21.0. The van der Waals surface area contributed by atoms with Crippen LogP contribution in [0.4, 0.5) is 5.69 Å². The highest BCUT2D eigenvalue weighted by Gasteiger charge is 2.15. The highest BCUT2D eigenvalue weighted by molar-refractivity contribution is 5.63. The summed E-state index contributed by atoms with van der Waals surface area (Å²) in [5.74, 6) is 1.82. The van der Waals surface area contributed by atoms with Crippen LogP contribution in [0.5, 0.6) is 17.2 Å². The standard InChI is InChI=1S/C15H19NO4/c1-10(11-5-6-20-9-11)16-12-7-13(17-2)15(19-4)14(8-12)18-3/h5-10,16H,1-4H3. The first-order valence-corrected chi connectivity index (χ1v) is 6.28. The summed E-state index contributed by atoms with van der Waals surface area (Å²) in [6.45, 7) is 2.05. The minimum atomic E-state index is 0.108. The number of benzene rings is 1. The average Bonchev–Trinajstić information content (AvgIpc) is 3.00. The Morgan fingerprint density at radius 2 is 1.70 bits per heavy atom. The molecule has 1 aromatic carbocycles. The molecule has 0 aliphatic carbocycles. The zero-order chi connectivity index (χ0) is 14.5. The SMILES string of the molecule is COc1cc(NC(C)c2ccoc2)cc(OC)c1OC. The van der Waals surface area contributed by atoms with E-state index in [9.17, 15) is 0 Å². The van der Waals surface area contributed by atoms with Crippen molar-refractivity contribution in [3.05, 3.63) is 36.3 Å². The monoisotopic (exact) mass is 277 g/mol. The van der Waals surface area contributed by atoms with Gasteiger partial charge in [-0.05, 0) is 13.0 Å². The van der Waals surface area contributed by atoms with Crippen molar-refractivity contribution in [2.45, 2.75) is 13.0 Å². The molecule has 1 heterocycles. The van der Waals surface area contributed by atoms with E-state index >= 15 is 0 Å². The van der Waals surface area contributed by atoms with Gasteiger partial charge in [-0.1, -0.05) is 0 Å². The molecular formula is C15H19NO4. The Morgan fingerprint density at radius 1 is 1.05 bits per heavy atom. The first-order valence-electron chi connectivity index (χ1n) is 6.28. The van der Waals surface area contributed by atoms with E-state index < -0.39 is 0 Å². The van der Waals surface area contributed by atoms with E-state index in [1.807, 2.05) is 25.1 Å². The molecule has 1 atom stereocenters. The topological polar surface area (TPSA) is 52.9 Å². The summed E-state index contributed by atoms with van der Waals surface area (Å²) in [6.07, 6.45) is 3.37. The maximum atomic E-state index is 5.33. The van der Waals surface area contributed by atoms with Gasteiger partial charge in [0.15, 0.2) is 11.5 Å². The largest absolute Gasteiger partial charge is 0.493 e. The molecule has 108 valence electrons. The van der Waals surface area contributed by atoms with Crippen molar-refractivity contribution in [2.75, 3.05) is 26.6 Å². The molecule has 0 spiro atoms. The summed E-state index contributed by atoms with van der Waals surface area (Å²) in [5.41, 5.74) is 1.95. The number of rotatable bonds is 6. The smallest absolute Gasteiger partial charge is 0.203 e. The molecule has 20 heavy (non-hydrogen) atoms. The van der Waals surface area contributed by atoms with E-state index in [2.05, 4.69) is 5.32 Å². The van der Waals surface area contributed by atoms with Gasteiger partial charge < -0.3 is 23.9 Å². The summed E-state index contributed by atoms with van der Waals surface area (Å²) in [7, 11) is 4.78. The third-order valence-electron chi connectivity index (χ3n) is 3.09. The molecule has 0 bridgehead atoms. The Bertz CT molecular complexity index is 526. The second kappa shape index (κ2) is 6.23. The van der Waals surface area contributed by atoms with Crippen molar-refractivity contribution >= 4 is 5.69 Å². The van der Waals surface area contributed by atoms with Crippen molar-refractivity contribution in [1.29, 1.82) is 0 Å². The van der Waals surface area contributed by atoms with Crippen molar-refractivity contribution < 1.29 is 18.6 Å². The molecule has 5 nitrogen and oxygen atoms in total. The molecule has 0 aliphatic rings. The lowest BCUT2D eigenvalue weighted by Crippen LogP contribution is -2.06. The van der Waals surface area contributed by atoms with Crippen molar-refractivity contribution in [1.82, 2.24) is 0 Å². The fraction of sp³-hybridized carbons (Fsp3) is 0.333. The number of hydrogen-bond acceptors (Lipinski definition) is 5. The van der Waals surface area contributed by atoms with Crippen LogP contribution in [0.2, 0.25) is 0 Å². The van der Waals surface area contributed by atoms with Crippen LogP contribution >= 0.6 is 0 Å². The van der Waals surface area contributed by atoms with Crippen LogP contribution in [0.15, 0.2) is 35.1 Å². The Labute approximate surface area is 118 Å². The first-order chi connectivity index (χ1) is 9.69. The highest BCUT2D eigenvalue weighted by Crippen LogP contribution is 2.40. The molecular weight excluding hydrogens is 258 g/mol. The summed E-state index contributed by atoms with van der Waals surface area (Å²) in [6, 6.07) is 5.78. The maximum Gasteiger partial charge on any atom is 0.203 e. The fourth-order valence-corrected chi connectivity index (χ4v) is 2.02. The minimum absolute atomic E-state index is 0.108. The van der Waals surface area contributed by atoms with Gasteiger partial charge in [0, 0.05) is 23.4 Å². The highest BCUT2D eigenvalue weighted by atomic mass is 16.5. The molecule has 0 fully saturated rings. The number of furan rings is 1. The molecule has 1 N–H and O–H groups in total. The van der Waals surface area contributed by atoms with Gasteiger partial charge in [0.2, 0.25) is 5.75 Å². The Morgan fingerprint density at radius 3 is 2.15 bits per heavy atom. The molecule has 0 saturated carbocycles. The minimum Gasteiger partial charge on any atom is -0.493 e. The zero-order valence-electron chi connectivity index (χ0n) is 12.1. The average molecular weight is 277 g/mol. The molecule has 1 aromatic heterocycles. The molecule has 0 saturated heterocycles. The summed E-state index contributed by atoms with van der Waals surface area (Å²) >= 11 is 0. The van der Waals surface area contributed by atoms with Crippen molar-refractivity contribution in [3.63, 3.8) is 0 Å². The lowest BCUT2D eigenvalue weighted by molar-refractivity contribution is 0.324. The van der Waals surface area contributed by atoms with E-state index in [1.54, 1.807) is 33.9 Å². The maximum absolute atomic E-state index is 5.33. The first kappa shape index (κ1) is 14.1. The quantitative estimate of drug-likeness (QED) is 0.876. The Hall–Kier alpha value is -2.30. The van der Waals surface area contributed by atoms with Gasteiger partial charge in [-0.25, -0.2) is 0 Å². The number of hydrogen-bond donors (Lipinski definition) is 1. The van der Waals surface area contributed by atoms with Crippen LogP contribution in [0.25, 0.3) is 0 Å². The van der Waals surface area contributed by atoms with Gasteiger partial charge in [-0.15, -0.1) is 0 Å². The Kier molecular flexibility index (Phi) is 4.40. The van der Waals surface area contributed by atoms with E-state index in [-0.39, 0.29) is 6.04 Å². The van der Waals surface area contributed by atoms with Gasteiger partial charge in [0.25, 0.3) is 0 Å². The van der Waals surface area contributed by atoms with Crippen LogP contribution in [0, 0.1) is 0 Å². The molecule has 2 rings (SSSR count). The van der Waals surface area contributed by atoms with E-state index in [1.165, 1.54) is 0 Å². The normalized spacial score (nSPS) is 11.8. The fourth-order valence-electron chi connectivity index (χ4n) is 2.02. The van der Waals surface area contributed by atoms with Gasteiger partial charge in [0.1, 0.15) is 0 Å². The van der Waals surface area contributed by atoms with Crippen LogP contribution in [-0.2, 0) is 0 Å². The predicted octanol–water partition coefficient (Wildman–Crippen LogP) is 3.48. The number of nitrogens with one attached hydrogen (secondary N) is 1. The van der Waals surface area contributed by atoms with Crippen molar-refractivity contribution in [3.8, 4) is 17.2 Å². The zero-order valence-corrected chi connectivity index (χ0v) is 12.1. The molecule has 0 aliphatic heterocycles. The molecule has 0 amide bonds. The van der Waals surface area contributed by atoms with Gasteiger partial charge in [-0.2, -0.15) is 0 Å².